The maximum absolute atomic E-state index is 12.3. The first-order valence-electron chi connectivity index (χ1n) is 9.05. The molecule has 8 nitrogen and oxygen atoms in total. The smallest absolute Gasteiger partial charge is 0.248 e. The van der Waals surface area contributed by atoms with Crippen molar-refractivity contribution < 1.29 is 14.3 Å². The molecule has 148 valence electrons. The van der Waals surface area contributed by atoms with E-state index in [1.165, 1.54) is 0 Å². The van der Waals surface area contributed by atoms with Crippen LogP contribution in [0.25, 0.3) is 11.4 Å². The molecule has 0 saturated heterocycles. The number of methoxy groups -OCH3 is 2. The summed E-state index contributed by atoms with van der Waals surface area (Å²) in [6.07, 6.45) is 0. The van der Waals surface area contributed by atoms with Gasteiger partial charge in [0.1, 0.15) is 17.5 Å². The van der Waals surface area contributed by atoms with Gasteiger partial charge in [0.25, 0.3) is 0 Å². The Kier molecular flexibility index (Phi) is 4.67. The van der Waals surface area contributed by atoms with Crippen LogP contribution in [0.1, 0.15) is 18.5 Å². The number of amides is 1. The molecule has 2 aromatic carbocycles. The van der Waals surface area contributed by atoms with Gasteiger partial charge in [0.05, 0.1) is 19.8 Å². The molecular formula is C21H21N5O3. The molecule has 0 fully saturated rings. The van der Waals surface area contributed by atoms with Gasteiger partial charge in [0, 0.05) is 16.8 Å². The highest BCUT2D eigenvalue weighted by molar-refractivity contribution is 5.95. The van der Waals surface area contributed by atoms with Gasteiger partial charge in [-0.25, -0.2) is 4.68 Å². The predicted molar refractivity (Wildman–Crippen MR) is 109 cm³/mol. The summed E-state index contributed by atoms with van der Waals surface area (Å²) in [6, 6.07) is 14.4. The molecule has 1 aromatic heterocycles. The largest absolute Gasteiger partial charge is 0.497 e. The maximum atomic E-state index is 12.3. The third-order valence-corrected chi connectivity index (χ3v) is 4.90. The molecule has 3 N–H and O–H groups in total. The Labute approximate surface area is 168 Å². The number of ether oxygens (including phenoxy) is 2. The van der Waals surface area contributed by atoms with E-state index in [9.17, 15) is 4.79 Å². The molecule has 1 atom stereocenters. The molecule has 3 aromatic rings. The van der Waals surface area contributed by atoms with E-state index < -0.39 is 11.9 Å². The molecular weight excluding hydrogens is 370 g/mol. The minimum absolute atomic E-state index is 0.410. The topological polar surface area (TPSA) is 104 Å². The van der Waals surface area contributed by atoms with E-state index in [2.05, 4.69) is 15.4 Å². The van der Waals surface area contributed by atoms with Crippen molar-refractivity contribution in [2.45, 2.75) is 13.0 Å². The molecule has 8 heteroatoms. The molecule has 2 heterocycles. The number of aromatic nitrogens is 3. The normalized spacial score (nSPS) is 15.5. The Morgan fingerprint density at radius 1 is 1.10 bits per heavy atom. The minimum atomic E-state index is -0.556. The van der Waals surface area contributed by atoms with Gasteiger partial charge in [0.2, 0.25) is 11.9 Å². The summed E-state index contributed by atoms with van der Waals surface area (Å²) in [4.78, 5) is 16.9. The number of benzene rings is 2. The fourth-order valence-corrected chi connectivity index (χ4v) is 3.51. The lowest BCUT2D eigenvalue weighted by Gasteiger charge is -2.28. The van der Waals surface area contributed by atoms with E-state index >= 15 is 0 Å². The average Bonchev–Trinajstić information content (AvgIpc) is 3.16. The summed E-state index contributed by atoms with van der Waals surface area (Å²) in [5.41, 5.74) is 8.38. The van der Waals surface area contributed by atoms with Crippen LogP contribution in [-0.4, -0.2) is 34.9 Å². The van der Waals surface area contributed by atoms with Gasteiger partial charge >= 0.3 is 0 Å². The molecule has 1 amide bonds. The minimum Gasteiger partial charge on any atom is -0.497 e. The number of nitrogens with two attached hydrogens (primary N) is 1. The highest BCUT2D eigenvalue weighted by Gasteiger charge is 2.34. The van der Waals surface area contributed by atoms with Crippen molar-refractivity contribution in [3.63, 3.8) is 0 Å². The fraction of sp³-hybridized carbons (Fsp3) is 0.190. The monoisotopic (exact) mass is 391 g/mol. The van der Waals surface area contributed by atoms with E-state index in [4.69, 9.17) is 15.2 Å². The lowest BCUT2D eigenvalue weighted by atomic mass is 9.94. The van der Waals surface area contributed by atoms with Crippen molar-refractivity contribution in [1.29, 1.82) is 0 Å². The molecule has 0 saturated carbocycles. The number of para-hydroxylation sites is 1. The lowest BCUT2D eigenvalue weighted by molar-refractivity contribution is -0.115. The van der Waals surface area contributed by atoms with Crippen LogP contribution in [0.3, 0.4) is 0 Å². The Morgan fingerprint density at radius 2 is 1.83 bits per heavy atom. The van der Waals surface area contributed by atoms with Crippen molar-refractivity contribution in [2.24, 2.45) is 5.73 Å². The van der Waals surface area contributed by atoms with Gasteiger partial charge in [-0.3, -0.25) is 4.79 Å². The summed E-state index contributed by atoms with van der Waals surface area (Å²) in [6.45, 7) is 1.80. The first kappa shape index (κ1) is 18.5. The van der Waals surface area contributed by atoms with Crippen LogP contribution in [0.4, 0.5) is 5.95 Å². The highest BCUT2D eigenvalue weighted by atomic mass is 16.5. The molecule has 1 aliphatic heterocycles. The lowest BCUT2D eigenvalue weighted by Crippen LogP contribution is -2.32. The first-order valence-corrected chi connectivity index (χ1v) is 9.05. The summed E-state index contributed by atoms with van der Waals surface area (Å²) in [5.74, 6) is 1.90. The molecule has 1 aliphatic rings. The Balaban J connectivity index is 1.87. The van der Waals surface area contributed by atoms with E-state index in [-0.39, 0.29) is 0 Å². The number of carbonyl (C=O) groups excluding carboxylic acids is 1. The molecule has 4 rings (SSSR count). The second kappa shape index (κ2) is 7.31. The highest BCUT2D eigenvalue weighted by Crippen LogP contribution is 2.39. The van der Waals surface area contributed by atoms with Gasteiger partial charge < -0.3 is 20.5 Å². The third-order valence-electron chi connectivity index (χ3n) is 4.90. The summed E-state index contributed by atoms with van der Waals surface area (Å²) >= 11 is 0. The Hall–Kier alpha value is -3.81. The number of anilines is 1. The number of rotatable bonds is 5. The molecule has 0 bridgehead atoms. The number of hydrogen-bond acceptors (Lipinski definition) is 6. The number of carbonyl (C=O) groups is 1. The van der Waals surface area contributed by atoms with Crippen LogP contribution in [0, 0.1) is 0 Å². The van der Waals surface area contributed by atoms with Crippen molar-refractivity contribution in [1.82, 2.24) is 14.8 Å². The van der Waals surface area contributed by atoms with Crippen molar-refractivity contribution in [3.05, 3.63) is 65.4 Å². The van der Waals surface area contributed by atoms with E-state index in [1.54, 1.807) is 25.8 Å². The van der Waals surface area contributed by atoms with Crippen molar-refractivity contribution >= 4 is 11.9 Å². The zero-order valence-corrected chi connectivity index (χ0v) is 16.3. The number of hydrogen-bond donors (Lipinski definition) is 2. The van der Waals surface area contributed by atoms with Crippen LogP contribution < -0.4 is 20.5 Å². The third kappa shape index (κ3) is 3.18. The SMILES string of the molecule is COc1ccc(-c2nc3n(n2)C(c2ccccc2OC)C(C(N)=O)=C(C)N3)cc1. The van der Waals surface area contributed by atoms with Crippen LogP contribution in [0.15, 0.2) is 59.8 Å². The zero-order chi connectivity index (χ0) is 20.5. The van der Waals surface area contributed by atoms with Crippen LogP contribution in [-0.2, 0) is 4.79 Å². The second-order valence-electron chi connectivity index (χ2n) is 6.60. The standard InChI is InChI=1S/C21H21N5O3/c1-12-17(19(22)27)18(15-6-4-5-7-16(15)29-3)26-21(23-12)24-20(25-26)13-8-10-14(28-2)11-9-13/h4-11,18H,1-3H3,(H2,22,27)(H,23,24,25). The summed E-state index contributed by atoms with van der Waals surface area (Å²) < 4.78 is 12.4. The van der Waals surface area contributed by atoms with Crippen LogP contribution >= 0.6 is 0 Å². The van der Waals surface area contributed by atoms with Crippen molar-refractivity contribution in [3.8, 4) is 22.9 Å². The average molecular weight is 391 g/mol. The van der Waals surface area contributed by atoms with Gasteiger partial charge in [-0.1, -0.05) is 18.2 Å². The van der Waals surface area contributed by atoms with Gasteiger partial charge in [-0.15, -0.1) is 5.10 Å². The maximum Gasteiger partial charge on any atom is 0.248 e. The number of nitrogens with zero attached hydrogens (tertiary/aromatic N) is 3. The van der Waals surface area contributed by atoms with Gasteiger partial charge in [-0.05, 0) is 37.3 Å². The van der Waals surface area contributed by atoms with E-state index in [0.717, 1.165) is 16.9 Å². The van der Waals surface area contributed by atoms with E-state index in [1.807, 2.05) is 48.5 Å². The predicted octanol–water partition coefficient (Wildman–Crippen LogP) is 2.74. The number of allylic oxidation sites excluding steroid dienone is 1. The zero-order valence-electron chi connectivity index (χ0n) is 16.3. The summed E-state index contributed by atoms with van der Waals surface area (Å²) in [5, 5.41) is 7.83. The number of nitrogens with one attached hydrogen (secondary N) is 1. The van der Waals surface area contributed by atoms with Crippen LogP contribution in [0.2, 0.25) is 0 Å². The molecule has 0 aliphatic carbocycles. The van der Waals surface area contributed by atoms with Crippen LogP contribution in [0.5, 0.6) is 11.5 Å². The molecule has 1 unspecified atom stereocenters. The summed E-state index contributed by atoms with van der Waals surface area (Å²) in [7, 11) is 3.20. The Bertz CT molecular complexity index is 1100. The van der Waals surface area contributed by atoms with Crippen molar-refractivity contribution in [2.75, 3.05) is 19.5 Å². The second-order valence-corrected chi connectivity index (χ2v) is 6.60. The quantitative estimate of drug-likeness (QED) is 0.693. The number of primary amides is 1. The fourth-order valence-electron chi connectivity index (χ4n) is 3.51. The van der Waals surface area contributed by atoms with E-state index in [0.29, 0.717) is 28.8 Å². The molecule has 0 spiro atoms. The molecule has 29 heavy (non-hydrogen) atoms. The molecule has 0 radical (unpaired) electrons. The van der Waals surface area contributed by atoms with Gasteiger partial charge in [-0.2, -0.15) is 4.98 Å². The Morgan fingerprint density at radius 3 is 2.48 bits per heavy atom. The van der Waals surface area contributed by atoms with Gasteiger partial charge in [0.15, 0.2) is 5.82 Å². The first-order chi connectivity index (χ1) is 14.0. The number of fused-ring (bicyclic) bond motifs is 1.